The molecule has 0 N–H and O–H groups in total. The number of aromatic nitrogens is 1. The maximum absolute atomic E-state index is 9.02. The van der Waals surface area contributed by atoms with E-state index in [0.29, 0.717) is 0 Å². The molecule has 1 aromatic rings. The van der Waals surface area contributed by atoms with Gasteiger partial charge >= 0.3 is 7.12 Å². The van der Waals surface area contributed by atoms with Gasteiger partial charge in [-0.3, -0.25) is 0 Å². The predicted molar refractivity (Wildman–Crippen MR) is 90.5 cm³/mol. The van der Waals surface area contributed by atoms with Crippen molar-refractivity contribution in [2.75, 3.05) is 18.0 Å². The first kappa shape index (κ1) is 16.3. The molecule has 2 aliphatic rings. The Kier molecular flexibility index (Phi) is 4.11. The van der Waals surface area contributed by atoms with E-state index in [-0.39, 0.29) is 24.2 Å². The molecule has 0 atom stereocenters. The second kappa shape index (κ2) is 5.81. The van der Waals surface area contributed by atoms with Crippen LogP contribution in [-0.2, 0) is 9.31 Å². The van der Waals surface area contributed by atoms with Crippen molar-refractivity contribution >= 4 is 18.4 Å². The zero-order valence-corrected chi connectivity index (χ0v) is 14.4. The average Bonchev–Trinajstić information content (AvgIpc) is 2.76. The van der Waals surface area contributed by atoms with Crippen molar-refractivity contribution in [3.8, 4) is 6.07 Å². The monoisotopic (exact) mass is 313 g/mol. The molecule has 0 radical (unpaired) electrons. The minimum atomic E-state index is -0.363. The van der Waals surface area contributed by atoms with E-state index in [1.165, 1.54) is 0 Å². The summed E-state index contributed by atoms with van der Waals surface area (Å²) in [6.07, 6.45) is 3.61. The van der Waals surface area contributed by atoms with E-state index in [9.17, 15) is 0 Å². The van der Waals surface area contributed by atoms with Gasteiger partial charge in [-0.05, 0) is 58.1 Å². The molecule has 0 unspecified atom stereocenters. The van der Waals surface area contributed by atoms with Crippen LogP contribution in [0.4, 0.5) is 5.82 Å². The second-order valence-electron chi connectivity index (χ2n) is 7.43. The fourth-order valence-corrected chi connectivity index (χ4v) is 2.97. The van der Waals surface area contributed by atoms with E-state index >= 15 is 0 Å². The molecule has 3 rings (SSSR count). The molecular weight excluding hydrogens is 289 g/mol. The molecule has 0 aliphatic carbocycles. The van der Waals surface area contributed by atoms with Crippen molar-refractivity contribution in [2.24, 2.45) is 5.92 Å². The summed E-state index contributed by atoms with van der Waals surface area (Å²) in [6.45, 7) is 9.98. The third kappa shape index (κ3) is 3.08. The first-order chi connectivity index (χ1) is 10.8. The van der Waals surface area contributed by atoms with Gasteiger partial charge in [0, 0.05) is 25.2 Å². The highest BCUT2D eigenvalue weighted by atomic mass is 16.7. The lowest BCUT2D eigenvalue weighted by atomic mass is 9.79. The Morgan fingerprint density at radius 1 is 1.22 bits per heavy atom. The average molecular weight is 313 g/mol. The van der Waals surface area contributed by atoms with Crippen LogP contribution in [-0.4, -0.2) is 36.4 Å². The van der Waals surface area contributed by atoms with Crippen molar-refractivity contribution in [1.82, 2.24) is 4.98 Å². The lowest BCUT2D eigenvalue weighted by Crippen LogP contribution is -2.41. The van der Waals surface area contributed by atoms with E-state index in [1.54, 1.807) is 0 Å². The molecule has 0 aromatic carbocycles. The highest BCUT2D eigenvalue weighted by molar-refractivity contribution is 6.62. The van der Waals surface area contributed by atoms with Gasteiger partial charge < -0.3 is 14.2 Å². The Hall–Kier alpha value is -1.58. The van der Waals surface area contributed by atoms with Crippen LogP contribution >= 0.6 is 0 Å². The first-order valence-corrected chi connectivity index (χ1v) is 8.28. The topological polar surface area (TPSA) is 58.4 Å². The molecule has 0 bridgehead atoms. The van der Waals surface area contributed by atoms with Gasteiger partial charge in [0.05, 0.1) is 17.3 Å². The van der Waals surface area contributed by atoms with Crippen molar-refractivity contribution in [3.63, 3.8) is 0 Å². The smallest absolute Gasteiger partial charge is 0.399 e. The molecule has 3 heterocycles. The molecule has 0 spiro atoms. The summed E-state index contributed by atoms with van der Waals surface area (Å²) in [6, 6.07) is 6.37. The summed E-state index contributed by atoms with van der Waals surface area (Å²) in [4.78, 5) is 6.73. The molecule has 2 aliphatic heterocycles. The van der Waals surface area contributed by atoms with Crippen molar-refractivity contribution < 1.29 is 9.31 Å². The van der Waals surface area contributed by atoms with Gasteiger partial charge in [0.15, 0.2) is 0 Å². The van der Waals surface area contributed by atoms with Crippen LogP contribution in [0, 0.1) is 17.2 Å². The van der Waals surface area contributed by atoms with Crippen LogP contribution in [0.1, 0.15) is 40.5 Å². The van der Waals surface area contributed by atoms with Gasteiger partial charge in [0.25, 0.3) is 0 Å². The highest BCUT2D eigenvalue weighted by Crippen LogP contribution is 2.36. The summed E-state index contributed by atoms with van der Waals surface area (Å²) in [7, 11) is -0.363. The van der Waals surface area contributed by atoms with Gasteiger partial charge in [-0.1, -0.05) is 0 Å². The van der Waals surface area contributed by atoms with Crippen LogP contribution in [0.2, 0.25) is 0 Å². The molecular formula is C17H24BN3O2. The number of hydrogen-bond donors (Lipinski definition) is 0. The molecule has 2 saturated heterocycles. The fourth-order valence-electron chi connectivity index (χ4n) is 2.97. The summed E-state index contributed by atoms with van der Waals surface area (Å²) in [5, 5.41) is 9.02. The van der Waals surface area contributed by atoms with Crippen LogP contribution in [0.3, 0.4) is 0 Å². The summed E-state index contributed by atoms with van der Waals surface area (Å²) < 4.78 is 12.2. The molecule has 6 heteroatoms. The quantitative estimate of drug-likeness (QED) is 0.783. The normalized spacial score (nSPS) is 23.8. The SMILES string of the molecule is CC1(C)OB(c2ccnc(N3CCC(C#N)CC3)c2)OC1(C)C. The fraction of sp³-hybridized carbons (Fsp3) is 0.647. The van der Waals surface area contributed by atoms with Crippen LogP contribution in [0.5, 0.6) is 0 Å². The van der Waals surface area contributed by atoms with Crippen molar-refractivity contribution in [1.29, 1.82) is 5.26 Å². The Morgan fingerprint density at radius 2 is 1.83 bits per heavy atom. The number of nitrogens with zero attached hydrogens (tertiary/aromatic N) is 3. The molecule has 5 nitrogen and oxygen atoms in total. The standard InChI is InChI=1S/C17H24BN3O2/c1-16(2)17(3,4)23-18(22-16)14-5-8-20-15(11-14)21-9-6-13(12-19)7-10-21/h5,8,11,13H,6-7,9-10H2,1-4H3. The maximum atomic E-state index is 9.02. The Morgan fingerprint density at radius 3 is 2.39 bits per heavy atom. The van der Waals surface area contributed by atoms with Crippen LogP contribution < -0.4 is 10.4 Å². The summed E-state index contributed by atoms with van der Waals surface area (Å²) >= 11 is 0. The maximum Gasteiger partial charge on any atom is 0.495 e. The minimum absolute atomic E-state index is 0.178. The lowest BCUT2D eigenvalue weighted by molar-refractivity contribution is 0.00578. The zero-order chi connectivity index (χ0) is 16.7. The Labute approximate surface area is 138 Å². The van der Waals surface area contributed by atoms with Crippen molar-refractivity contribution in [3.05, 3.63) is 18.3 Å². The molecule has 122 valence electrons. The van der Waals surface area contributed by atoms with E-state index in [2.05, 4.69) is 49.7 Å². The largest absolute Gasteiger partial charge is 0.495 e. The first-order valence-electron chi connectivity index (χ1n) is 8.28. The third-order valence-corrected chi connectivity index (χ3v) is 5.30. The van der Waals surface area contributed by atoms with Gasteiger partial charge in [0.1, 0.15) is 5.82 Å². The number of pyridine rings is 1. The van der Waals surface area contributed by atoms with Gasteiger partial charge in [-0.25, -0.2) is 4.98 Å². The van der Waals surface area contributed by atoms with E-state index in [1.807, 2.05) is 12.3 Å². The van der Waals surface area contributed by atoms with Crippen LogP contribution in [0.15, 0.2) is 18.3 Å². The van der Waals surface area contributed by atoms with Crippen LogP contribution in [0.25, 0.3) is 0 Å². The highest BCUT2D eigenvalue weighted by Gasteiger charge is 2.51. The number of piperidine rings is 1. The van der Waals surface area contributed by atoms with Gasteiger partial charge in [-0.2, -0.15) is 5.26 Å². The molecule has 0 saturated carbocycles. The van der Waals surface area contributed by atoms with Crippen molar-refractivity contribution in [2.45, 2.75) is 51.7 Å². The Balaban J connectivity index is 1.76. The summed E-state index contributed by atoms with van der Waals surface area (Å²) in [5.74, 6) is 1.12. The van der Waals surface area contributed by atoms with E-state index in [0.717, 1.165) is 37.2 Å². The molecule has 1 aromatic heterocycles. The number of hydrogen-bond acceptors (Lipinski definition) is 5. The number of anilines is 1. The molecule has 0 amide bonds. The number of rotatable bonds is 2. The summed E-state index contributed by atoms with van der Waals surface area (Å²) in [5.41, 5.74) is 0.314. The second-order valence-corrected chi connectivity index (χ2v) is 7.43. The molecule has 23 heavy (non-hydrogen) atoms. The number of nitriles is 1. The minimum Gasteiger partial charge on any atom is -0.399 e. The Bertz CT molecular complexity index is 603. The van der Waals surface area contributed by atoms with E-state index < -0.39 is 0 Å². The zero-order valence-electron chi connectivity index (χ0n) is 14.4. The predicted octanol–water partition coefficient (Wildman–Crippen LogP) is 2.12. The third-order valence-electron chi connectivity index (χ3n) is 5.30. The van der Waals surface area contributed by atoms with E-state index in [4.69, 9.17) is 14.6 Å². The van der Waals surface area contributed by atoms with Gasteiger partial charge in [-0.15, -0.1) is 0 Å². The molecule has 2 fully saturated rings. The van der Waals surface area contributed by atoms with Gasteiger partial charge in [0.2, 0.25) is 0 Å². The lowest BCUT2D eigenvalue weighted by Gasteiger charge is -2.32.